The molecular formula is C22H21FO. The van der Waals surface area contributed by atoms with Crippen molar-refractivity contribution in [2.45, 2.75) is 25.7 Å². The summed E-state index contributed by atoms with van der Waals surface area (Å²) in [7, 11) is 0. The van der Waals surface area contributed by atoms with Gasteiger partial charge in [-0.3, -0.25) is 0 Å². The van der Waals surface area contributed by atoms with Crippen LogP contribution in [0, 0.1) is 5.82 Å². The summed E-state index contributed by atoms with van der Waals surface area (Å²) in [6.07, 6.45) is 1.65. The molecule has 0 saturated carbocycles. The fourth-order valence-corrected chi connectivity index (χ4v) is 3.25. The number of hydrogen-bond donors (Lipinski definition) is 1. The number of phenolic OH excluding ortho intramolecular Hbond substituents is 1. The van der Waals surface area contributed by atoms with Crippen LogP contribution >= 0.6 is 0 Å². The van der Waals surface area contributed by atoms with Crippen molar-refractivity contribution < 1.29 is 9.50 Å². The largest absolute Gasteiger partial charge is 0.508 e. The molecule has 0 radical (unpaired) electrons. The van der Waals surface area contributed by atoms with Crippen molar-refractivity contribution in [3.8, 4) is 5.75 Å². The molecule has 1 nitrogen and oxygen atoms in total. The predicted octanol–water partition coefficient (Wildman–Crippen LogP) is 5.47. The van der Waals surface area contributed by atoms with Crippen molar-refractivity contribution in [2.24, 2.45) is 0 Å². The molecule has 0 bridgehead atoms. The van der Waals surface area contributed by atoms with E-state index in [4.69, 9.17) is 0 Å². The number of hydrogen-bond acceptors (Lipinski definition) is 1. The zero-order valence-electron chi connectivity index (χ0n) is 13.7. The molecule has 0 saturated heterocycles. The molecule has 1 atom stereocenters. The van der Waals surface area contributed by atoms with Gasteiger partial charge in [-0.15, -0.1) is 0 Å². The minimum Gasteiger partial charge on any atom is -0.508 e. The highest BCUT2D eigenvalue weighted by Gasteiger charge is 2.18. The number of benzene rings is 3. The maximum Gasteiger partial charge on any atom is 0.123 e. The molecule has 3 aromatic rings. The van der Waals surface area contributed by atoms with Crippen LogP contribution in [-0.4, -0.2) is 5.11 Å². The Morgan fingerprint density at radius 3 is 2.46 bits per heavy atom. The molecule has 0 aromatic heterocycles. The normalized spacial score (nSPS) is 12.1. The maximum atomic E-state index is 13.8. The summed E-state index contributed by atoms with van der Waals surface area (Å²) in [5.41, 5.74) is 4.48. The number of halogens is 1. The summed E-state index contributed by atoms with van der Waals surface area (Å²) in [5, 5.41) is 9.75. The Balaban J connectivity index is 2.07. The van der Waals surface area contributed by atoms with Crippen molar-refractivity contribution in [3.05, 3.63) is 101 Å². The van der Waals surface area contributed by atoms with Crippen LogP contribution in [0.25, 0.3) is 0 Å². The Morgan fingerprint density at radius 1 is 0.917 bits per heavy atom. The highest BCUT2D eigenvalue weighted by molar-refractivity contribution is 5.40. The highest BCUT2D eigenvalue weighted by Crippen LogP contribution is 2.32. The van der Waals surface area contributed by atoms with Gasteiger partial charge < -0.3 is 5.11 Å². The fraction of sp³-hybridized carbons (Fsp3) is 0.182. The van der Waals surface area contributed by atoms with E-state index in [9.17, 15) is 9.50 Å². The van der Waals surface area contributed by atoms with E-state index in [1.807, 2.05) is 30.3 Å². The van der Waals surface area contributed by atoms with Crippen LogP contribution in [0.3, 0.4) is 0 Å². The Hall–Kier alpha value is -2.61. The van der Waals surface area contributed by atoms with E-state index in [2.05, 4.69) is 19.1 Å². The van der Waals surface area contributed by atoms with Gasteiger partial charge in [0.25, 0.3) is 0 Å². The van der Waals surface area contributed by atoms with Gasteiger partial charge in [-0.05, 0) is 59.4 Å². The highest BCUT2D eigenvalue weighted by atomic mass is 19.1. The second-order valence-electron chi connectivity index (χ2n) is 6.03. The smallest absolute Gasteiger partial charge is 0.123 e. The molecule has 0 aliphatic carbocycles. The van der Waals surface area contributed by atoms with Crippen molar-refractivity contribution in [3.63, 3.8) is 0 Å². The SMILES string of the molecule is CCc1ccccc1C(Cc1cccc(O)c1)c1cccc(F)c1. The monoisotopic (exact) mass is 320 g/mol. The van der Waals surface area contributed by atoms with E-state index in [0.717, 1.165) is 24.0 Å². The third-order valence-corrected chi connectivity index (χ3v) is 4.41. The summed E-state index contributed by atoms with van der Waals surface area (Å²) in [6, 6.07) is 22.4. The van der Waals surface area contributed by atoms with Crippen molar-refractivity contribution in [1.82, 2.24) is 0 Å². The standard InChI is InChI=1S/C22H21FO/c1-2-17-8-3-4-12-21(17)22(18-9-6-10-19(23)15-18)14-16-7-5-11-20(24)13-16/h3-13,15,22,24H,2,14H2,1H3. The van der Waals surface area contributed by atoms with Crippen LogP contribution in [-0.2, 0) is 12.8 Å². The van der Waals surface area contributed by atoms with Crippen LogP contribution in [0.2, 0.25) is 0 Å². The van der Waals surface area contributed by atoms with Crippen LogP contribution < -0.4 is 0 Å². The van der Waals surface area contributed by atoms with Crippen molar-refractivity contribution in [2.75, 3.05) is 0 Å². The lowest BCUT2D eigenvalue weighted by molar-refractivity contribution is 0.474. The zero-order valence-corrected chi connectivity index (χ0v) is 13.7. The lowest BCUT2D eigenvalue weighted by Crippen LogP contribution is -2.08. The molecule has 1 unspecified atom stereocenters. The van der Waals surface area contributed by atoms with Gasteiger partial charge in [-0.1, -0.05) is 55.5 Å². The van der Waals surface area contributed by atoms with Crippen molar-refractivity contribution in [1.29, 1.82) is 0 Å². The van der Waals surface area contributed by atoms with Crippen molar-refractivity contribution >= 4 is 0 Å². The van der Waals surface area contributed by atoms with Gasteiger partial charge >= 0.3 is 0 Å². The summed E-state index contributed by atoms with van der Waals surface area (Å²) < 4.78 is 13.8. The Labute approximate surface area is 142 Å². The van der Waals surface area contributed by atoms with Crippen LogP contribution in [0.15, 0.2) is 72.8 Å². The lowest BCUT2D eigenvalue weighted by Gasteiger charge is -2.21. The molecule has 1 N–H and O–H groups in total. The van der Waals surface area contributed by atoms with Crippen LogP contribution in [0.5, 0.6) is 5.75 Å². The molecule has 24 heavy (non-hydrogen) atoms. The molecule has 0 spiro atoms. The van der Waals surface area contributed by atoms with E-state index in [1.54, 1.807) is 24.3 Å². The van der Waals surface area contributed by atoms with Gasteiger partial charge in [0.15, 0.2) is 0 Å². The van der Waals surface area contributed by atoms with Gasteiger partial charge in [0.2, 0.25) is 0 Å². The number of phenols is 1. The maximum absolute atomic E-state index is 13.8. The molecule has 0 aliphatic rings. The van der Waals surface area contributed by atoms with E-state index < -0.39 is 0 Å². The van der Waals surface area contributed by atoms with Gasteiger partial charge in [0, 0.05) is 5.92 Å². The Bertz CT molecular complexity index is 825. The number of aryl methyl sites for hydroxylation is 1. The molecule has 0 fully saturated rings. The zero-order chi connectivity index (χ0) is 16.9. The number of aromatic hydroxyl groups is 1. The van der Waals surface area contributed by atoms with Gasteiger partial charge in [0.05, 0.1) is 0 Å². The minimum atomic E-state index is -0.220. The molecular weight excluding hydrogens is 299 g/mol. The molecule has 122 valence electrons. The second kappa shape index (κ2) is 7.31. The van der Waals surface area contributed by atoms with Crippen LogP contribution in [0.1, 0.15) is 35.1 Å². The molecule has 0 aliphatic heterocycles. The van der Waals surface area contributed by atoms with Gasteiger partial charge in [-0.25, -0.2) is 4.39 Å². The summed E-state index contributed by atoms with van der Waals surface area (Å²) in [4.78, 5) is 0. The first-order chi connectivity index (χ1) is 11.7. The summed E-state index contributed by atoms with van der Waals surface area (Å²) >= 11 is 0. The minimum absolute atomic E-state index is 0.0543. The first-order valence-corrected chi connectivity index (χ1v) is 8.28. The number of rotatable bonds is 5. The molecule has 3 aromatic carbocycles. The summed E-state index contributed by atoms with van der Waals surface area (Å²) in [6.45, 7) is 2.13. The van der Waals surface area contributed by atoms with E-state index >= 15 is 0 Å². The average molecular weight is 320 g/mol. The third-order valence-electron chi connectivity index (χ3n) is 4.41. The van der Waals surface area contributed by atoms with Crippen LogP contribution in [0.4, 0.5) is 4.39 Å². The molecule has 0 heterocycles. The quantitative estimate of drug-likeness (QED) is 0.661. The second-order valence-corrected chi connectivity index (χ2v) is 6.03. The summed E-state index contributed by atoms with van der Waals surface area (Å²) in [5.74, 6) is 0.0929. The van der Waals surface area contributed by atoms with E-state index in [0.29, 0.717) is 0 Å². The Morgan fingerprint density at radius 2 is 1.71 bits per heavy atom. The first kappa shape index (κ1) is 16.3. The third kappa shape index (κ3) is 3.65. The van der Waals surface area contributed by atoms with E-state index in [-0.39, 0.29) is 17.5 Å². The van der Waals surface area contributed by atoms with E-state index in [1.165, 1.54) is 17.2 Å². The Kier molecular flexibility index (Phi) is 4.95. The average Bonchev–Trinajstić information content (AvgIpc) is 2.60. The van der Waals surface area contributed by atoms with Gasteiger partial charge in [0.1, 0.15) is 11.6 Å². The molecule has 2 heteroatoms. The lowest BCUT2D eigenvalue weighted by atomic mass is 9.83. The fourth-order valence-electron chi connectivity index (χ4n) is 3.25. The van der Waals surface area contributed by atoms with Gasteiger partial charge in [-0.2, -0.15) is 0 Å². The molecule has 0 amide bonds. The first-order valence-electron chi connectivity index (χ1n) is 8.28. The molecule has 3 rings (SSSR count). The predicted molar refractivity (Wildman–Crippen MR) is 95.9 cm³/mol. The topological polar surface area (TPSA) is 20.2 Å².